The minimum absolute atomic E-state index is 0.0373. The topological polar surface area (TPSA) is 49.4 Å². The number of carbonyl (C=O) groups excluding carboxylic acids is 2. The van der Waals surface area contributed by atoms with Crippen molar-refractivity contribution in [3.8, 4) is 11.1 Å². The molecule has 0 spiro atoms. The van der Waals surface area contributed by atoms with Crippen LogP contribution in [0, 0.1) is 11.2 Å². The van der Waals surface area contributed by atoms with Gasteiger partial charge in [-0.1, -0.05) is 49.4 Å². The first-order valence-electron chi connectivity index (χ1n) is 9.89. The van der Waals surface area contributed by atoms with E-state index >= 15 is 0 Å². The first-order chi connectivity index (χ1) is 13.5. The Kier molecular flexibility index (Phi) is 6.12. The maximum absolute atomic E-state index is 14.4. The molecule has 1 atom stereocenters. The molecule has 148 valence electrons. The van der Waals surface area contributed by atoms with Crippen molar-refractivity contribution in [3.05, 3.63) is 59.9 Å². The molecule has 1 aliphatic heterocycles. The Labute approximate surface area is 165 Å². The van der Waals surface area contributed by atoms with E-state index in [0.717, 1.165) is 11.1 Å². The summed E-state index contributed by atoms with van der Waals surface area (Å²) >= 11 is 0. The molecular weight excluding hydrogens is 355 g/mol. The molecule has 0 radical (unpaired) electrons. The van der Waals surface area contributed by atoms with Crippen LogP contribution < -0.4 is 5.32 Å². The molecule has 0 aliphatic carbocycles. The number of halogens is 1. The van der Waals surface area contributed by atoms with E-state index in [1.807, 2.05) is 44.2 Å². The monoisotopic (exact) mass is 382 g/mol. The summed E-state index contributed by atoms with van der Waals surface area (Å²) < 4.78 is 14.4. The first kappa shape index (κ1) is 20.1. The Bertz CT molecular complexity index is 867. The van der Waals surface area contributed by atoms with Gasteiger partial charge in [-0.15, -0.1) is 0 Å². The van der Waals surface area contributed by atoms with Gasteiger partial charge >= 0.3 is 0 Å². The highest BCUT2D eigenvalue weighted by atomic mass is 19.1. The molecule has 28 heavy (non-hydrogen) atoms. The molecule has 0 saturated carbocycles. The van der Waals surface area contributed by atoms with Crippen LogP contribution in [-0.2, 0) is 16.0 Å². The first-order valence-corrected chi connectivity index (χ1v) is 9.89. The minimum atomic E-state index is -0.692. The van der Waals surface area contributed by atoms with Crippen LogP contribution in [0.3, 0.4) is 0 Å². The lowest BCUT2D eigenvalue weighted by atomic mass is 9.78. The van der Waals surface area contributed by atoms with Crippen molar-refractivity contribution in [1.82, 2.24) is 10.2 Å². The lowest BCUT2D eigenvalue weighted by Crippen LogP contribution is -2.45. The summed E-state index contributed by atoms with van der Waals surface area (Å²) in [4.78, 5) is 27.0. The van der Waals surface area contributed by atoms with Crippen molar-refractivity contribution < 1.29 is 14.0 Å². The van der Waals surface area contributed by atoms with Crippen LogP contribution in [-0.4, -0.2) is 36.3 Å². The van der Waals surface area contributed by atoms with E-state index < -0.39 is 5.41 Å². The molecule has 0 aromatic heterocycles. The van der Waals surface area contributed by atoms with Crippen molar-refractivity contribution in [3.63, 3.8) is 0 Å². The lowest BCUT2D eigenvalue weighted by Gasteiger charge is -2.29. The fourth-order valence-electron chi connectivity index (χ4n) is 4.05. The second kappa shape index (κ2) is 8.55. The van der Waals surface area contributed by atoms with Crippen molar-refractivity contribution >= 4 is 11.8 Å². The third-order valence-electron chi connectivity index (χ3n) is 5.54. The molecule has 2 aromatic rings. The van der Waals surface area contributed by atoms with Gasteiger partial charge in [0.05, 0.1) is 5.41 Å². The summed E-state index contributed by atoms with van der Waals surface area (Å²) in [6.07, 6.45) is 1.50. The minimum Gasteiger partial charge on any atom is -0.356 e. The normalized spacial score (nSPS) is 18.9. The molecule has 0 bridgehead atoms. The number of amides is 2. The number of carbonyl (C=O) groups is 2. The van der Waals surface area contributed by atoms with E-state index in [1.165, 1.54) is 6.07 Å². The smallest absolute Gasteiger partial charge is 0.228 e. The molecule has 1 aliphatic rings. The summed E-state index contributed by atoms with van der Waals surface area (Å²) in [6.45, 7) is 5.24. The van der Waals surface area contributed by atoms with Crippen LogP contribution in [0.5, 0.6) is 0 Å². The largest absolute Gasteiger partial charge is 0.356 e. The van der Waals surface area contributed by atoms with Crippen LogP contribution in [0.2, 0.25) is 0 Å². The Hall–Kier alpha value is -2.69. The average molecular weight is 382 g/mol. The molecule has 5 heteroatoms. The zero-order valence-electron chi connectivity index (χ0n) is 16.5. The molecule has 1 unspecified atom stereocenters. The van der Waals surface area contributed by atoms with Gasteiger partial charge in [-0.25, -0.2) is 4.39 Å². The van der Waals surface area contributed by atoms with Gasteiger partial charge in [0.25, 0.3) is 0 Å². The number of likely N-dealkylation sites (tertiary alicyclic amines) is 1. The highest BCUT2D eigenvalue weighted by Gasteiger charge is 2.45. The summed E-state index contributed by atoms with van der Waals surface area (Å²) in [5.41, 5.74) is 1.56. The van der Waals surface area contributed by atoms with Gasteiger partial charge in [-0.2, -0.15) is 0 Å². The van der Waals surface area contributed by atoms with Crippen LogP contribution in [0.1, 0.15) is 32.3 Å². The predicted octanol–water partition coefficient (Wildman–Crippen LogP) is 3.80. The third kappa shape index (κ3) is 3.93. The van der Waals surface area contributed by atoms with E-state index in [0.29, 0.717) is 44.5 Å². The van der Waals surface area contributed by atoms with Crippen molar-refractivity contribution in [2.24, 2.45) is 5.41 Å². The predicted molar refractivity (Wildman–Crippen MR) is 108 cm³/mol. The molecule has 3 rings (SSSR count). The van der Waals surface area contributed by atoms with E-state index in [4.69, 9.17) is 0 Å². The van der Waals surface area contributed by atoms with Crippen molar-refractivity contribution in [2.75, 3.05) is 19.6 Å². The van der Waals surface area contributed by atoms with Crippen molar-refractivity contribution in [2.45, 2.75) is 33.1 Å². The average Bonchev–Trinajstić information content (AvgIpc) is 3.14. The molecular formula is C23H27FN2O2. The van der Waals surface area contributed by atoms with E-state index in [-0.39, 0.29) is 17.6 Å². The van der Waals surface area contributed by atoms with E-state index in [1.54, 1.807) is 17.0 Å². The quantitative estimate of drug-likeness (QED) is 0.826. The maximum Gasteiger partial charge on any atom is 0.228 e. The molecule has 4 nitrogen and oxygen atoms in total. The molecule has 1 saturated heterocycles. The van der Waals surface area contributed by atoms with E-state index in [9.17, 15) is 14.0 Å². The second-order valence-electron chi connectivity index (χ2n) is 7.37. The summed E-state index contributed by atoms with van der Waals surface area (Å²) in [6, 6.07) is 14.3. The zero-order valence-corrected chi connectivity index (χ0v) is 16.5. The molecule has 1 heterocycles. The zero-order chi connectivity index (χ0) is 20.1. The highest BCUT2D eigenvalue weighted by Crippen LogP contribution is 2.38. The molecule has 1 fully saturated rings. The van der Waals surface area contributed by atoms with Gasteiger partial charge in [-0.05, 0) is 37.0 Å². The third-order valence-corrected chi connectivity index (χ3v) is 5.54. The number of hydrogen-bond donors (Lipinski definition) is 1. The Morgan fingerprint density at radius 3 is 2.43 bits per heavy atom. The fourth-order valence-corrected chi connectivity index (χ4v) is 4.05. The van der Waals surface area contributed by atoms with Gasteiger partial charge in [0.15, 0.2) is 0 Å². The standard InChI is InChI=1S/C23H27FN2O2/c1-3-21(27)26-14-13-23(16-26,22(28)25-4-2)15-17-9-5-6-10-18(17)19-11-7-8-12-20(19)24/h5-12H,3-4,13-16H2,1-2H3,(H,25,28). The number of nitrogens with one attached hydrogen (secondary N) is 1. The SMILES string of the molecule is CCNC(=O)C1(Cc2ccccc2-c2ccccc2F)CCN(C(=O)CC)C1. The Balaban J connectivity index is 1.98. The lowest BCUT2D eigenvalue weighted by molar-refractivity contribution is -0.133. The molecule has 1 N–H and O–H groups in total. The van der Waals surface area contributed by atoms with E-state index in [2.05, 4.69) is 5.32 Å². The number of benzene rings is 2. The van der Waals surface area contributed by atoms with Crippen LogP contribution in [0.15, 0.2) is 48.5 Å². The van der Waals surface area contributed by atoms with Crippen LogP contribution in [0.4, 0.5) is 4.39 Å². The van der Waals surface area contributed by atoms with Gasteiger partial charge in [0, 0.05) is 31.6 Å². The molecule has 2 amide bonds. The second-order valence-corrected chi connectivity index (χ2v) is 7.37. The van der Waals surface area contributed by atoms with Crippen LogP contribution in [0.25, 0.3) is 11.1 Å². The number of rotatable bonds is 6. The van der Waals surface area contributed by atoms with Gasteiger partial charge in [0.2, 0.25) is 11.8 Å². The number of nitrogens with zero attached hydrogens (tertiary/aromatic N) is 1. The summed E-state index contributed by atoms with van der Waals surface area (Å²) in [5.74, 6) is -0.255. The van der Waals surface area contributed by atoms with Gasteiger partial charge < -0.3 is 10.2 Å². The Morgan fingerprint density at radius 2 is 1.75 bits per heavy atom. The van der Waals surface area contributed by atoms with Crippen molar-refractivity contribution in [1.29, 1.82) is 0 Å². The fraction of sp³-hybridized carbons (Fsp3) is 0.391. The van der Waals surface area contributed by atoms with Gasteiger partial charge in [-0.3, -0.25) is 9.59 Å². The van der Waals surface area contributed by atoms with Crippen LogP contribution >= 0.6 is 0 Å². The number of hydrogen-bond acceptors (Lipinski definition) is 2. The maximum atomic E-state index is 14.4. The summed E-state index contributed by atoms with van der Waals surface area (Å²) in [7, 11) is 0. The Morgan fingerprint density at radius 1 is 1.07 bits per heavy atom. The highest BCUT2D eigenvalue weighted by molar-refractivity contribution is 5.86. The summed E-state index contributed by atoms with van der Waals surface area (Å²) in [5, 5.41) is 2.95. The van der Waals surface area contributed by atoms with Gasteiger partial charge in [0.1, 0.15) is 5.82 Å². The molecule has 2 aromatic carbocycles.